The molecule has 8 heteroatoms. The van der Waals surface area contributed by atoms with Crippen molar-refractivity contribution in [3.8, 4) is 0 Å². The summed E-state index contributed by atoms with van der Waals surface area (Å²) in [6, 6.07) is 0.200. The largest absolute Gasteiger partial charge is 0.394 e. The fourth-order valence-electron chi connectivity index (χ4n) is 1.93. The molecule has 0 radical (unpaired) electrons. The van der Waals surface area contributed by atoms with Gasteiger partial charge in [-0.15, -0.1) is 0 Å². The number of carbonyl (C=O) groups excluding carboxylic acids is 2. The second-order valence-corrected chi connectivity index (χ2v) is 6.88. The van der Waals surface area contributed by atoms with Gasteiger partial charge in [-0.25, -0.2) is 0 Å². The highest BCUT2D eigenvalue weighted by atomic mass is 32.2. The topological polar surface area (TPSA) is 99.1 Å². The molecule has 7 nitrogen and oxygen atoms in total. The van der Waals surface area contributed by atoms with Crippen molar-refractivity contribution < 1.29 is 24.5 Å². The zero-order valence-corrected chi connectivity index (χ0v) is 15.8. The van der Waals surface area contributed by atoms with E-state index in [0.29, 0.717) is 38.3 Å². The highest BCUT2D eigenvalue weighted by Crippen LogP contribution is 2.07. The van der Waals surface area contributed by atoms with Crippen molar-refractivity contribution >= 4 is 23.6 Å². The second kappa shape index (κ2) is 14.5. The molecule has 0 aliphatic rings. The summed E-state index contributed by atoms with van der Waals surface area (Å²) in [4.78, 5) is 25.3. The molecule has 0 aromatic rings. The monoisotopic (exact) mass is 364 g/mol. The molecule has 1 unspecified atom stereocenters. The lowest BCUT2D eigenvalue weighted by atomic mass is 10.3. The second-order valence-electron chi connectivity index (χ2n) is 5.66. The van der Waals surface area contributed by atoms with Gasteiger partial charge in [0.25, 0.3) is 0 Å². The Morgan fingerprint density at radius 3 is 2.58 bits per heavy atom. The predicted octanol–water partition coefficient (Wildman–Crippen LogP) is 0.243. The molecule has 0 bridgehead atoms. The van der Waals surface area contributed by atoms with E-state index in [-0.39, 0.29) is 31.1 Å². The number of ether oxygens (including phenoxy) is 1. The van der Waals surface area contributed by atoms with Crippen molar-refractivity contribution in [3.63, 3.8) is 0 Å². The van der Waals surface area contributed by atoms with Gasteiger partial charge < -0.3 is 25.2 Å². The van der Waals surface area contributed by atoms with E-state index >= 15 is 0 Å². The quantitative estimate of drug-likeness (QED) is 0.382. The highest BCUT2D eigenvalue weighted by molar-refractivity contribution is 7.99. The standard InChI is InChI=1S/C16H32N2O5S/c1-4-16(22)18(13(2)3)7-10-24-9-5-15(21)17-6-8-23-12-14(20)11-19/h13-14,19-20H,4-12H2,1-3H3,(H,17,21). The minimum atomic E-state index is -0.873. The van der Waals surface area contributed by atoms with Crippen molar-refractivity contribution in [1.82, 2.24) is 10.2 Å². The van der Waals surface area contributed by atoms with Crippen LogP contribution < -0.4 is 5.32 Å². The zero-order chi connectivity index (χ0) is 18.4. The van der Waals surface area contributed by atoms with Crippen LogP contribution in [0.3, 0.4) is 0 Å². The van der Waals surface area contributed by atoms with Crippen molar-refractivity contribution in [2.45, 2.75) is 45.8 Å². The Bertz CT molecular complexity index is 355. The molecule has 1 atom stereocenters. The summed E-state index contributed by atoms with van der Waals surface area (Å²) in [5, 5.41) is 20.4. The van der Waals surface area contributed by atoms with Gasteiger partial charge in [-0.2, -0.15) is 11.8 Å². The molecule has 0 saturated heterocycles. The number of hydrogen-bond donors (Lipinski definition) is 3. The van der Waals surface area contributed by atoms with Gasteiger partial charge in [0.2, 0.25) is 11.8 Å². The number of nitrogens with one attached hydrogen (secondary N) is 1. The lowest BCUT2D eigenvalue weighted by Gasteiger charge is -2.26. The first-order valence-electron chi connectivity index (χ1n) is 8.42. The summed E-state index contributed by atoms with van der Waals surface area (Å²) < 4.78 is 5.09. The van der Waals surface area contributed by atoms with Crippen LogP contribution in [0.1, 0.15) is 33.6 Å². The minimum absolute atomic E-state index is 0.0424. The van der Waals surface area contributed by atoms with Crippen LogP contribution in [0.4, 0.5) is 0 Å². The van der Waals surface area contributed by atoms with Crippen LogP contribution in [-0.4, -0.2) is 83.5 Å². The number of aliphatic hydroxyl groups excluding tert-OH is 2. The van der Waals surface area contributed by atoms with E-state index in [2.05, 4.69) is 5.32 Å². The highest BCUT2D eigenvalue weighted by Gasteiger charge is 2.14. The molecule has 0 rings (SSSR count). The Balaban J connectivity index is 3.63. The lowest BCUT2D eigenvalue weighted by molar-refractivity contribution is -0.132. The summed E-state index contributed by atoms with van der Waals surface area (Å²) in [5.74, 6) is 1.65. The summed E-state index contributed by atoms with van der Waals surface area (Å²) in [5.41, 5.74) is 0. The molecular weight excluding hydrogens is 332 g/mol. The van der Waals surface area contributed by atoms with Gasteiger partial charge in [-0.1, -0.05) is 6.92 Å². The van der Waals surface area contributed by atoms with E-state index in [0.717, 1.165) is 5.75 Å². The number of hydrogen-bond acceptors (Lipinski definition) is 6. The van der Waals surface area contributed by atoms with Crippen LogP contribution in [0.15, 0.2) is 0 Å². The molecular formula is C16H32N2O5S. The molecule has 3 N–H and O–H groups in total. The molecule has 24 heavy (non-hydrogen) atoms. The average Bonchev–Trinajstić information content (AvgIpc) is 2.56. The Morgan fingerprint density at radius 1 is 1.29 bits per heavy atom. The third-order valence-corrected chi connectivity index (χ3v) is 4.25. The third-order valence-electron chi connectivity index (χ3n) is 3.29. The summed E-state index contributed by atoms with van der Waals surface area (Å²) >= 11 is 1.66. The first-order chi connectivity index (χ1) is 11.4. The van der Waals surface area contributed by atoms with Crippen molar-refractivity contribution in [2.24, 2.45) is 0 Å². The maximum absolute atomic E-state index is 11.8. The fourth-order valence-corrected chi connectivity index (χ4v) is 2.79. The Hall–Kier alpha value is -0.830. The maximum atomic E-state index is 11.8. The molecule has 0 heterocycles. The SMILES string of the molecule is CCC(=O)N(CCSCCC(=O)NCCOCC(O)CO)C(C)C. The lowest BCUT2D eigenvalue weighted by Crippen LogP contribution is -2.38. The van der Waals surface area contributed by atoms with Crippen LogP contribution in [0.2, 0.25) is 0 Å². The van der Waals surface area contributed by atoms with Crippen LogP contribution in [0.25, 0.3) is 0 Å². The van der Waals surface area contributed by atoms with Crippen LogP contribution in [0, 0.1) is 0 Å². The zero-order valence-electron chi connectivity index (χ0n) is 15.0. The first kappa shape index (κ1) is 23.2. The summed E-state index contributed by atoms with van der Waals surface area (Å²) in [6.07, 6.45) is 0.0674. The van der Waals surface area contributed by atoms with Crippen molar-refractivity contribution in [3.05, 3.63) is 0 Å². The van der Waals surface area contributed by atoms with E-state index in [4.69, 9.17) is 14.9 Å². The van der Waals surface area contributed by atoms with Crippen LogP contribution in [-0.2, 0) is 14.3 Å². The van der Waals surface area contributed by atoms with Gasteiger partial charge in [0.05, 0.1) is 19.8 Å². The normalized spacial score (nSPS) is 12.2. The van der Waals surface area contributed by atoms with Gasteiger partial charge in [-0.05, 0) is 13.8 Å². The molecule has 0 aliphatic heterocycles. The molecule has 0 saturated carbocycles. The Kier molecular flexibility index (Phi) is 14.0. The molecule has 142 valence electrons. The van der Waals surface area contributed by atoms with E-state index in [1.807, 2.05) is 25.7 Å². The molecule has 2 amide bonds. The van der Waals surface area contributed by atoms with Crippen molar-refractivity contribution in [2.75, 3.05) is 44.4 Å². The van der Waals surface area contributed by atoms with E-state index in [1.165, 1.54) is 0 Å². The molecule has 0 aromatic heterocycles. The molecule has 0 spiro atoms. The number of thioether (sulfide) groups is 1. The summed E-state index contributed by atoms with van der Waals surface area (Å²) in [6.45, 7) is 7.00. The first-order valence-corrected chi connectivity index (χ1v) is 9.58. The van der Waals surface area contributed by atoms with E-state index < -0.39 is 6.10 Å². The van der Waals surface area contributed by atoms with E-state index in [1.54, 1.807) is 11.8 Å². The predicted molar refractivity (Wildman–Crippen MR) is 96.0 cm³/mol. The van der Waals surface area contributed by atoms with Gasteiger partial charge in [0, 0.05) is 43.5 Å². The van der Waals surface area contributed by atoms with Gasteiger partial charge in [0.15, 0.2) is 0 Å². The van der Waals surface area contributed by atoms with Gasteiger partial charge >= 0.3 is 0 Å². The summed E-state index contributed by atoms with van der Waals surface area (Å²) in [7, 11) is 0. The minimum Gasteiger partial charge on any atom is -0.394 e. The number of nitrogens with zero attached hydrogens (tertiary/aromatic N) is 1. The molecule has 0 aromatic carbocycles. The number of rotatable bonds is 14. The van der Waals surface area contributed by atoms with Crippen molar-refractivity contribution in [1.29, 1.82) is 0 Å². The van der Waals surface area contributed by atoms with Crippen LogP contribution >= 0.6 is 11.8 Å². The Morgan fingerprint density at radius 2 is 2.00 bits per heavy atom. The molecule has 0 fully saturated rings. The number of carbonyl (C=O) groups is 2. The van der Waals surface area contributed by atoms with Crippen LogP contribution in [0.5, 0.6) is 0 Å². The maximum Gasteiger partial charge on any atom is 0.222 e. The third kappa shape index (κ3) is 11.7. The number of amides is 2. The Labute approximate surface area is 149 Å². The number of aliphatic hydroxyl groups is 2. The smallest absolute Gasteiger partial charge is 0.222 e. The van der Waals surface area contributed by atoms with E-state index in [9.17, 15) is 9.59 Å². The fraction of sp³-hybridized carbons (Fsp3) is 0.875. The van der Waals surface area contributed by atoms with Gasteiger partial charge in [-0.3, -0.25) is 9.59 Å². The van der Waals surface area contributed by atoms with Gasteiger partial charge in [0.1, 0.15) is 6.10 Å². The molecule has 0 aliphatic carbocycles. The average molecular weight is 365 g/mol.